The standard InChI is InChI=1S/C29H27BrClN3O5/c1-15(2)21-13-22(16(3)10-25(21)38-5)27-33-24-9-7-6-8-20(24)28(35)34(27)32-14-18-11-19(31)12-23(30)26(18)39-17(4)29(36)37/h6-15,17H,1-5H3,(H,36,37)/t17-/m0/s1. The van der Waals surface area contributed by atoms with Crippen LogP contribution in [0.2, 0.25) is 5.02 Å². The molecule has 202 valence electrons. The number of aryl methyl sites for hydroxylation is 1. The van der Waals surface area contributed by atoms with Gasteiger partial charge in [-0.05, 0) is 83.2 Å². The van der Waals surface area contributed by atoms with Gasteiger partial charge < -0.3 is 14.6 Å². The zero-order valence-corrected chi connectivity index (χ0v) is 24.4. The van der Waals surface area contributed by atoms with E-state index in [0.29, 0.717) is 31.8 Å². The van der Waals surface area contributed by atoms with Gasteiger partial charge in [0.05, 0.1) is 28.7 Å². The summed E-state index contributed by atoms with van der Waals surface area (Å²) in [5.74, 6) is 0.349. The molecule has 0 amide bonds. The Morgan fingerprint density at radius 1 is 1.18 bits per heavy atom. The molecule has 3 aromatic carbocycles. The molecule has 8 nitrogen and oxygen atoms in total. The van der Waals surface area contributed by atoms with Crippen LogP contribution in [-0.2, 0) is 4.79 Å². The van der Waals surface area contributed by atoms with Crippen molar-refractivity contribution in [3.8, 4) is 22.9 Å². The van der Waals surface area contributed by atoms with Crippen molar-refractivity contribution in [2.45, 2.75) is 39.7 Å². The highest BCUT2D eigenvalue weighted by Crippen LogP contribution is 2.35. The molecule has 1 heterocycles. The molecule has 0 fully saturated rings. The van der Waals surface area contributed by atoms with Crippen LogP contribution in [0.5, 0.6) is 11.5 Å². The summed E-state index contributed by atoms with van der Waals surface area (Å²) < 4.78 is 13.0. The number of para-hydroxylation sites is 1. The number of hydrogen-bond donors (Lipinski definition) is 1. The molecule has 0 radical (unpaired) electrons. The molecule has 0 aliphatic heterocycles. The smallest absolute Gasteiger partial charge is 0.344 e. The van der Waals surface area contributed by atoms with Gasteiger partial charge in [-0.25, -0.2) is 9.78 Å². The molecule has 1 N–H and O–H groups in total. The van der Waals surface area contributed by atoms with Crippen molar-refractivity contribution in [2.75, 3.05) is 7.11 Å². The highest BCUT2D eigenvalue weighted by molar-refractivity contribution is 9.10. The topological polar surface area (TPSA) is 103 Å². The fraction of sp³-hybridized carbons (Fsp3) is 0.241. The quantitative estimate of drug-likeness (QED) is 0.223. The fourth-order valence-corrected chi connectivity index (χ4v) is 5.05. The third-order valence-electron chi connectivity index (χ3n) is 6.19. The lowest BCUT2D eigenvalue weighted by Gasteiger charge is -2.18. The van der Waals surface area contributed by atoms with Crippen molar-refractivity contribution in [1.29, 1.82) is 0 Å². The van der Waals surface area contributed by atoms with E-state index in [2.05, 4.69) is 34.9 Å². The van der Waals surface area contributed by atoms with E-state index in [1.54, 1.807) is 37.4 Å². The first-order valence-electron chi connectivity index (χ1n) is 12.1. The molecule has 0 saturated heterocycles. The minimum atomic E-state index is -1.13. The zero-order chi connectivity index (χ0) is 28.4. The number of rotatable bonds is 8. The van der Waals surface area contributed by atoms with Crippen molar-refractivity contribution in [3.05, 3.63) is 85.1 Å². The predicted octanol–water partition coefficient (Wildman–Crippen LogP) is 6.65. The molecule has 0 saturated carbocycles. The summed E-state index contributed by atoms with van der Waals surface area (Å²) in [4.78, 5) is 30.0. The molecule has 4 rings (SSSR count). The summed E-state index contributed by atoms with van der Waals surface area (Å²) >= 11 is 9.67. The zero-order valence-electron chi connectivity index (χ0n) is 22.0. The minimum Gasteiger partial charge on any atom is -0.496 e. The normalized spacial score (nSPS) is 12.3. The first kappa shape index (κ1) is 28.3. The Bertz CT molecular complexity index is 1670. The fourth-order valence-electron chi connectivity index (χ4n) is 4.12. The van der Waals surface area contributed by atoms with Crippen LogP contribution in [0.25, 0.3) is 22.3 Å². The number of aliphatic carboxylic acids is 1. The minimum absolute atomic E-state index is 0.156. The average Bonchev–Trinajstić information content (AvgIpc) is 2.89. The number of nitrogens with zero attached hydrogens (tertiary/aromatic N) is 3. The molecule has 4 aromatic rings. The predicted molar refractivity (Wildman–Crippen MR) is 157 cm³/mol. The number of benzene rings is 3. The van der Waals surface area contributed by atoms with Gasteiger partial charge in [-0.1, -0.05) is 37.6 Å². The Hall–Kier alpha value is -3.69. The number of hydrogen-bond acceptors (Lipinski definition) is 6. The number of methoxy groups -OCH3 is 1. The second-order valence-electron chi connectivity index (χ2n) is 9.28. The summed E-state index contributed by atoms with van der Waals surface area (Å²) in [7, 11) is 1.63. The largest absolute Gasteiger partial charge is 0.496 e. The second kappa shape index (κ2) is 11.6. The summed E-state index contributed by atoms with van der Waals surface area (Å²) in [6.07, 6.45) is 0.274. The Morgan fingerprint density at radius 3 is 2.56 bits per heavy atom. The van der Waals surface area contributed by atoms with Gasteiger partial charge in [0.2, 0.25) is 0 Å². The molecule has 0 aliphatic rings. The number of aromatic nitrogens is 2. The molecule has 0 unspecified atom stereocenters. The van der Waals surface area contributed by atoms with E-state index < -0.39 is 12.1 Å². The molecule has 0 aliphatic carbocycles. The van der Waals surface area contributed by atoms with Crippen molar-refractivity contribution in [1.82, 2.24) is 9.66 Å². The number of carboxylic acids is 1. The molecule has 39 heavy (non-hydrogen) atoms. The van der Waals surface area contributed by atoms with Gasteiger partial charge in [0.15, 0.2) is 11.9 Å². The lowest BCUT2D eigenvalue weighted by atomic mass is 9.96. The third-order valence-corrected chi connectivity index (χ3v) is 6.99. The van der Waals surface area contributed by atoms with Crippen LogP contribution in [0.1, 0.15) is 43.4 Å². The van der Waals surface area contributed by atoms with Crippen molar-refractivity contribution >= 4 is 50.6 Å². The summed E-state index contributed by atoms with van der Waals surface area (Å²) in [6, 6.07) is 14.1. The second-order valence-corrected chi connectivity index (χ2v) is 10.6. The van der Waals surface area contributed by atoms with Crippen LogP contribution in [0, 0.1) is 6.92 Å². The molecule has 1 aromatic heterocycles. The van der Waals surface area contributed by atoms with Crippen LogP contribution >= 0.6 is 27.5 Å². The molecular weight excluding hydrogens is 586 g/mol. The molecular formula is C29H27BrClN3O5. The van der Waals surface area contributed by atoms with E-state index >= 15 is 0 Å². The lowest BCUT2D eigenvalue weighted by molar-refractivity contribution is -0.144. The Labute approximate surface area is 239 Å². The van der Waals surface area contributed by atoms with Crippen LogP contribution in [-0.4, -0.2) is 40.2 Å². The Balaban J connectivity index is 1.97. The number of carboxylic acid groups (broad SMARTS) is 1. The highest BCUT2D eigenvalue weighted by atomic mass is 79.9. The van der Waals surface area contributed by atoms with Gasteiger partial charge in [-0.3, -0.25) is 4.79 Å². The van der Waals surface area contributed by atoms with Crippen LogP contribution in [0.4, 0.5) is 0 Å². The maximum absolute atomic E-state index is 13.7. The number of fused-ring (bicyclic) bond motifs is 1. The highest BCUT2D eigenvalue weighted by Gasteiger charge is 2.20. The SMILES string of the molecule is COc1cc(C)c(-c2nc3ccccc3c(=O)n2N=Cc2cc(Cl)cc(Br)c2O[C@@H](C)C(=O)O)cc1C(C)C. The van der Waals surface area contributed by atoms with Crippen LogP contribution in [0.3, 0.4) is 0 Å². The van der Waals surface area contributed by atoms with Crippen molar-refractivity contribution < 1.29 is 19.4 Å². The van der Waals surface area contributed by atoms with Gasteiger partial charge in [0.25, 0.3) is 5.56 Å². The van der Waals surface area contributed by atoms with E-state index in [-0.39, 0.29) is 17.2 Å². The van der Waals surface area contributed by atoms with Crippen molar-refractivity contribution in [2.24, 2.45) is 5.10 Å². The lowest BCUT2D eigenvalue weighted by Crippen LogP contribution is -2.24. The first-order valence-corrected chi connectivity index (χ1v) is 13.3. The van der Waals surface area contributed by atoms with E-state index in [9.17, 15) is 14.7 Å². The number of ether oxygens (including phenoxy) is 2. The molecule has 10 heteroatoms. The van der Waals surface area contributed by atoms with E-state index in [4.69, 9.17) is 26.1 Å². The van der Waals surface area contributed by atoms with Gasteiger partial charge in [0.1, 0.15) is 11.5 Å². The summed E-state index contributed by atoms with van der Waals surface area (Å²) in [5, 5.41) is 14.7. The van der Waals surface area contributed by atoms with Crippen LogP contribution in [0.15, 0.2) is 62.9 Å². The maximum Gasteiger partial charge on any atom is 0.344 e. The van der Waals surface area contributed by atoms with Gasteiger partial charge in [0, 0.05) is 16.1 Å². The van der Waals surface area contributed by atoms with Gasteiger partial charge in [-0.2, -0.15) is 9.78 Å². The first-order chi connectivity index (χ1) is 18.5. The average molecular weight is 613 g/mol. The summed E-state index contributed by atoms with van der Waals surface area (Å²) in [5.41, 5.74) is 3.09. The number of carbonyl (C=O) groups is 1. The van der Waals surface area contributed by atoms with Crippen molar-refractivity contribution in [3.63, 3.8) is 0 Å². The molecule has 1 atom stereocenters. The molecule has 0 spiro atoms. The van der Waals surface area contributed by atoms with E-state index in [1.807, 2.05) is 25.1 Å². The molecule has 0 bridgehead atoms. The maximum atomic E-state index is 13.7. The van der Waals surface area contributed by atoms with Gasteiger partial charge in [-0.15, -0.1) is 0 Å². The third kappa shape index (κ3) is 5.84. The Morgan fingerprint density at radius 2 is 1.90 bits per heavy atom. The number of halogens is 2. The van der Waals surface area contributed by atoms with Crippen LogP contribution < -0.4 is 15.0 Å². The van der Waals surface area contributed by atoms with E-state index in [0.717, 1.165) is 22.4 Å². The van der Waals surface area contributed by atoms with Gasteiger partial charge >= 0.3 is 5.97 Å². The summed E-state index contributed by atoms with van der Waals surface area (Å²) in [6.45, 7) is 7.46. The van der Waals surface area contributed by atoms with E-state index in [1.165, 1.54) is 17.8 Å². The Kier molecular flexibility index (Phi) is 8.42. The monoisotopic (exact) mass is 611 g/mol.